The van der Waals surface area contributed by atoms with Gasteiger partial charge in [-0.05, 0) is 18.1 Å². The summed E-state index contributed by atoms with van der Waals surface area (Å²) in [5, 5.41) is 5.41. The lowest BCUT2D eigenvalue weighted by Crippen LogP contribution is -2.57. The van der Waals surface area contributed by atoms with Gasteiger partial charge in [-0.25, -0.2) is 15.4 Å². The molecule has 3 atom stereocenters. The molecule has 2 fully saturated rings. The van der Waals surface area contributed by atoms with Crippen molar-refractivity contribution >= 4 is 38.4 Å². The zero-order valence-electron chi connectivity index (χ0n) is 12.9. The number of hydrogen-bond acceptors (Lipinski definition) is 6. The van der Waals surface area contributed by atoms with Crippen molar-refractivity contribution in [2.45, 2.75) is 32.5 Å². The fourth-order valence-electron chi connectivity index (χ4n) is 3.18. The van der Waals surface area contributed by atoms with Crippen molar-refractivity contribution in [3.63, 3.8) is 0 Å². The van der Waals surface area contributed by atoms with Crippen LogP contribution in [0.3, 0.4) is 0 Å². The first kappa shape index (κ1) is 14.7. The topological polar surface area (TPSA) is 74.3 Å². The lowest BCUT2D eigenvalue weighted by molar-refractivity contribution is -0.133. The van der Waals surface area contributed by atoms with Crippen LogP contribution < -0.4 is 15.8 Å². The van der Waals surface area contributed by atoms with Crippen LogP contribution in [-0.4, -0.2) is 28.9 Å². The maximum Gasteiger partial charge on any atom is 0.257 e. The van der Waals surface area contributed by atoms with Crippen LogP contribution in [0.15, 0.2) is 24.3 Å². The van der Waals surface area contributed by atoms with E-state index >= 15 is 0 Å². The number of carbonyl (C=O) groups is 2. The van der Waals surface area contributed by atoms with Gasteiger partial charge in [-0.15, -0.1) is 0 Å². The summed E-state index contributed by atoms with van der Waals surface area (Å²) < 4.78 is 1.02. The van der Waals surface area contributed by atoms with E-state index in [9.17, 15) is 9.59 Å². The van der Waals surface area contributed by atoms with E-state index in [4.69, 9.17) is 0 Å². The number of piperidine rings is 1. The molecule has 2 N–H and O–H groups in total. The van der Waals surface area contributed by atoms with E-state index in [2.05, 4.69) is 29.6 Å². The summed E-state index contributed by atoms with van der Waals surface area (Å²) in [5.41, 5.74) is 3.99. The molecule has 0 saturated carbocycles. The van der Waals surface area contributed by atoms with Gasteiger partial charge in [0.15, 0.2) is 0 Å². The summed E-state index contributed by atoms with van der Waals surface area (Å²) in [5.74, 6) is -0.521. The predicted molar refractivity (Wildman–Crippen MR) is 88.9 cm³/mol. The van der Waals surface area contributed by atoms with E-state index in [1.807, 2.05) is 24.3 Å². The lowest BCUT2D eigenvalue weighted by atomic mass is 9.86. The van der Waals surface area contributed by atoms with E-state index < -0.39 is 5.92 Å². The highest BCUT2D eigenvalue weighted by Gasteiger charge is 2.50. The first-order valence-corrected chi connectivity index (χ1v) is 8.60. The monoisotopic (exact) mass is 330 g/mol. The minimum Gasteiger partial charge on any atom is -0.299 e. The number of Topliss-reactive ketones (excluding diaryl/α,β-unsaturated/α-hetero) is 1. The molecule has 1 aromatic carbocycles. The van der Waals surface area contributed by atoms with Gasteiger partial charge in [-0.1, -0.05) is 37.3 Å². The number of anilines is 1. The molecule has 7 heteroatoms. The normalized spacial score (nSPS) is 28.0. The van der Waals surface area contributed by atoms with Crippen LogP contribution in [0.25, 0.3) is 10.2 Å². The molecule has 2 aliphatic heterocycles. The molecule has 0 spiro atoms. The van der Waals surface area contributed by atoms with Gasteiger partial charge in [-0.3, -0.25) is 14.9 Å². The molecule has 2 aromatic rings. The highest BCUT2D eigenvalue weighted by atomic mass is 32.1. The van der Waals surface area contributed by atoms with Gasteiger partial charge >= 0.3 is 0 Å². The molecule has 23 heavy (non-hydrogen) atoms. The molecule has 0 radical (unpaired) electrons. The van der Waals surface area contributed by atoms with Gasteiger partial charge < -0.3 is 0 Å². The number of hydrogen-bond donors (Lipinski definition) is 2. The average molecular weight is 330 g/mol. The van der Waals surface area contributed by atoms with Crippen molar-refractivity contribution in [1.29, 1.82) is 0 Å². The number of hydrazine groups is 1. The lowest BCUT2D eigenvalue weighted by Gasteiger charge is -2.32. The third-order valence-corrected chi connectivity index (χ3v) is 5.55. The number of aromatic nitrogens is 1. The number of ketones is 1. The molecule has 2 saturated heterocycles. The Balaban J connectivity index is 1.64. The molecular weight excluding hydrogens is 312 g/mol. The predicted octanol–water partition coefficient (Wildman–Crippen LogP) is 1.68. The molecule has 0 aliphatic carbocycles. The van der Waals surface area contributed by atoms with E-state index in [1.165, 1.54) is 16.3 Å². The van der Waals surface area contributed by atoms with Crippen molar-refractivity contribution in [3.8, 4) is 0 Å². The van der Waals surface area contributed by atoms with Crippen molar-refractivity contribution in [1.82, 2.24) is 15.7 Å². The van der Waals surface area contributed by atoms with Gasteiger partial charge in [0.05, 0.1) is 16.4 Å². The standard InChI is InChI=1S/C16H18N4O2S/c1-8(2)10-7-11(21)13-14(17-10)19-20(15(13)22)16-18-9-5-3-4-6-12(9)23-16/h3-6,8,10,13-14,17,19H,7H2,1-2H3. The Labute approximate surface area is 137 Å². The number of amides is 1. The Bertz CT molecular complexity index is 754. The Kier molecular flexibility index (Phi) is 3.44. The van der Waals surface area contributed by atoms with Crippen molar-refractivity contribution in [2.24, 2.45) is 11.8 Å². The number of thiazole rings is 1. The molecule has 2 aliphatic rings. The summed E-state index contributed by atoms with van der Waals surface area (Å²) in [6.45, 7) is 4.15. The van der Waals surface area contributed by atoms with Crippen LogP contribution in [0.4, 0.5) is 5.13 Å². The summed E-state index contributed by atoms with van der Waals surface area (Å²) in [6.07, 6.45) is 0.0584. The number of rotatable bonds is 2. The van der Waals surface area contributed by atoms with Crippen LogP contribution >= 0.6 is 11.3 Å². The molecular formula is C16H18N4O2S. The molecule has 1 amide bonds. The molecule has 3 heterocycles. The number of fused-ring (bicyclic) bond motifs is 2. The van der Waals surface area contributed by atoms with Crippen LogP contribution in [0.5, 0.6) is 0 Å². The molecule has 120 valence electrons. The van der Waals surface area contributed by atoms with E-state index in [0.717, 1.165) is 10.2 Å². The Morgan fingerprint density at radius 2 is 2.09 bits per heavy atom. The van der Waals surface area contributed by atoms with Crippen molar-refractivity contribution in [3.05, 3.63) is 24.3 Å². The highest BCUT2D eigenvalue weighted by Crippen LogP contribution is 2.33. The highest BCUT2D eigenvalue weighted by molar-refractivity contribution is 7.22. The fourth-order valence-corrected chi connectivity index (χ4v) is 4.12. The van der Waals surface area contributed by atoms with E-state index in [0.29, 0.717) is 17.5 Å². The second-order valence-corrected chi connectivity index (χ2v) is 7.42. The van der Waals surface area contributed by atoms with E-state index in [-0.39, 0.29) is 23.9 Å². The second-order valence-electron chi connectivity index (χ2n) is 6.41. The number of benzene rings is 1. The van der Waals surface area contributed by atoms with Crippen LogP contribution in [0.1, 0.15) is 20.3 Å². The van der Waals surface area contributed by atoms with Crippen LogP contribution in [0.2, 0.25) is 0 Å². The van der Waals surface area contributed by atoms with Gasteiger partial charge in [-0.2, -0.15) is 0 Å². The molecule has 3 unspecified atom stereocenters. The van der Waals surface area contributed by atoms with Gasteiger partial charge in [0.25, 0.3) is 5.91 Å². The number of carbonyl (C=O) groups excluding carboxylic acids is 2. The number of nitrogens with zero attached hydrogens (tertiary/aromatic N) is 2. The number of para-hydroxylation sites is 1. The quantitative estimate of drug-likeness (QED) is 0.820. The summed E-state index contributed by atoms with van der Waals surface area (Å²) in [6, 6.07) is 7.85. The fraction of sp³-hybridized carbons (Fsp3) is 0.438. The Hall–Kier alpha value is -1.83. The number of nitrogens with one attached hydrogen (secondary N) is 2. The van der Waals surface area contributed by atoms with Gasteiger partial charge in [0.2, 0.25) is 5.13 Å². The first-order chi connectivity index (χ1) is 11.0. The average Bonchev–Trinajstić information content (AvgIpc) is 3.08. The Morgan fingerprint density at radius 1 is 1.30 bits per heavy atom. The largest absolute Gasteiger partial charge is 0.299 e. The summed E-state index contributed by atoms with van der Waals surface area (Å²) in [4.78, 5) is 29.6. The summed E-state index contributed by atoms with van der Waals surface area (Å²) in [7, 11) is 0. The minimum atomic E-state index is -0.656. The maximum absolute atomic E-state index is 12.7. The van der Waals surface area contributed by atoms with Crippen molar-refractivity contribution < 1.29 is 9.59 Å². The smallest absolute Gasteiger partial charge is 0.257 e. The molecule has 6 nitrogen and oxygen atoms in total. The van der Waals surface area contributed by atoms with Crippen LogP contribution in [0, 0.1) is 11.8 Å². The van der Waals surface area contributed by atoms with Gasteiger partial charge in [0.1, 0.15) is 11.7 Å². The minimum absolute atomic E-state index is 0.00793. The van der Waals surface area contributed by atoms with E-state index in [1.54, 1.807) is 0 Å². The Morgan fingerprint density at radius 3 is 2.83 bits per heavy atom. The third kappa shape index (κ3) is 2.36. The molecule has 1 aromatic heterocycles. The van der Waals surface area contributed by atoms with Crippen LogP contribution in [-0.2, 0) is 9.59 Å². The molecule has 0 bridgehead atoms. The van der Waals surface area contributed by atoms with Crippen molar-refractivity contribution in [2.75, 3.05) is 5.01 Å². The SMILES string of the molecule is CC(C)C1CC(=O)C2C(=O)N(c3nc4ccccc4s3)NC2N1. The first-order valence-electron chi connectivity index (χ1n) is 7.79. The zero-order valence-corrected chi connectivity index (χ0v) is 13.8. The maximum atomic E-state index is 12.7. The molecule has 4 rings (SSSR count). The summed E-state index contributed by atoms with van der Waals surface area (Å²) >= 11 is 1.44. The zero-order chi connectivity index (χ0) is 16.1. The third-order valence-electron chi connectivity index (χ3n) is 4.53. The second kappa shape index (κ2) is 5.36. The van der Waals surface area contributed by atoms with Gasteiger partial charge in [0, 0.05) is 12.5 Å².